The molecule has 39 heavy (non-hydrogen) atoms. The first kappa shape index (κ1) is 27.2. The van der Waals surface area contributed by atoms with E-state index in [1.165, 1.54) is 18.2 Å². The first-order valence-electron chi connectivity index (χ1n) is 12.9. The van der Waals surface area contributed by atoms with Crippen LogP contribution in [0.5, 0.6) is 5.88 Å². The van der Waals surface area contributed by atoms with E-state index >= 15 is 0 Å². The molecule has 0 unspecified atom stereocenters. The molecule has 2 aliphatic rings. The molecule has 0 saturated carbocycles. The summed E-state index contributed by atoms with van der Waals surface area (Å²) in [5.74, 6) is 0.0977. The second kappa shape index (κ2) is 12.6. The van der Waals surface area contributed by atoms with Crippen molar-refractivity contribution >= 4 is 34.7 Å². The average molecular weight is 556 g/mol. The molecule has 0 spiro atoms. The van der Waals surface area contributed by atoms with Gasteiger partial charge in [0.15, 0.2) is 0 Å². The van der Waals surface area contributed by atoms with Gasteiger partial charge in [-0.05, 0) is 37.4 Å². The SMILES string of the molecule is CN1CCN(CCC(=O)Nc2cc(Nc3cc(-c4cc(Cl)ccc4F)nnc3O[C@H]3CCOC3)ccn2)CC1. The van der Waals surface area contributed by atoms with Gasteiger partial charge in [-0.3, -0.25) is 4.79 Å². The molecule has 10 nitrogen and oxygen atoms in total. The average Bonchev–Trinajstić information content (AvgIpc) is 3.44. The Bertz CT molecular complexity index is 1300. The Balaban J connectivity index is 1.31. The molecular formula is C27H31ClFN7O3. The van der Waals surface area contributed by atoms with Crippen LogP contribution in [0.4, 0.5) is 21.6 Å². The quantitative estimate of drug-likeness (QED) is 0.408. The molecule has 2 fully saturated rings. The lowest BCUT2D eigenvalue weighted by Gasteiger charge is -2.32. The van der Waals surface area contributed by atoms with Gasteiger partial charge in [-0.2, -0.15) is 0 Å². The third-order valence-corrected chi connectivity index (χ3v) is 6.92. The van der Waals surface area contributed by atoms with Crippen molar-refractivity contribution in [2.45, 2.75) is 18.9 Å². The lowest BCUT2D eigenvalue weighted by molar-refractivity contribution is -0.116. The molecule has 2 N–H and O–H groups in total. The van der Waals surface area contributed by atoms with E-state index in [4.69, 9.17) is 21.1 Å². The van der Waals surface area contributed by atoms with E-state index in [-0.39, 0.29) is 23.5 Å². The van der Waals surface area contributed by atoms with Gasteiger partial charge in [-0.1, -0.05) is 11.6 Å². The number of amides is 1. The number of nitrogens with zero attached hydrogens (tertiary/aromatic N) is 5. The first-order chi connectivity index (χ1) is 18.9. The lowest BCUT2D eigenvalue weighted by atomic mass is 10.1. The molecule has 0 aliphatic carbocycles. The molecule has 1 atom stereocenters. The van der Waals surface area contributed by atoms with E-state index in [1.54, 1.807) is 24.4 Å². The van der Waals surface area contributed by atoms with Crippen LogP contribution >= 0.6 is 11.6 Å². The highest BCUT2D eigenvalue weighted by atomic mass is 35.5. The Morgan fingerprint density at radius 3 is 2.82 bits per heavy atom. The Morgan fingerprint density at radius 1 is 1.18 bits per heavy atom. The fourth-order valence-electron chi connectivity index (χ4n) is 4.41. The molecule has 1 amide bonds. The fraction of sp³-hybridized carbons (Fsp3) is 0.407. The number of hydrogen-bond donors (Lipinski definition) is 2. The maximum Gasteiger partial charge on any atom is 0.257 e. The first-order valence-corrected chi connectivity index (χ1v) is 13.3. The lowest BCUT2D eigenvalue weighted by Crippen LogP contribution is -2.45. The van der Waals surface area contributed by atoms with Crippen LogP contribution in [-0.2, 0) is 9.53 Å². The maximum absolute atomic E-state index is 14.6. The van der Waals surface area contributed by atoms with Crippen LogP contribution in [0.15, 0.2) is 42.6 Å². The van der Waals surface area contributed by atoms with Crippen LogP contribution in [0.3, 0.4) is 0 Å². The van der Waals surface area contributed by atoms with Crippen LogP contribution < -0.4 is 15.4 Å². The number of ether oxygens (including phenoxy) is 2. The third-order valence-electron chi connectivity index (χ3n) is 6.69. The van der Waals surface area contributed by atoms with Crippen molar-refractivity contribution in [2.24, 2.45) is 0 Å². The minimum Gasteiger partial charge on any atom is -0.469 e. The van der Waals surface area contributed by atoms with Crippen molar-refractivity contribution in [1.29, 1.82) is 0 Å². The second-order valence-corrected chi connectivity index (χ2v) is 10.1. The highest BCUT2D eigenvalue weighted by Gasteiger charge is 2.22. The number of rotatable bonds is 9. The van der Waals surface area contributed by atoms with Crippen LogP contribution in [0.1, 0.15) is 12.8 Å². The highest BCUT2D eigenvalue weighted by Crippen LogP contribution is 2.33. The number of pyridine rings is 1. The zero-order chi connectivity index (χ0) is 27.2. The monoisotopic (exact) mass is 555 g/mol. The second-order valence-electron chi connectivity index (χ2n) is 9.67. The molecular weight excluding hydrogens is 525 g/mol. The molecule has 2 aliphatic heterocycles. The number of piperazine rings is 1. The molecule has 5 rings (SSSR count). The number of benzene rings is 1. The van der Waals surface area contributed by atoms with Crippen LogP contribution in [0.25, 0.3) is 11.3 Å². The van der Waals surface area contributed by atoms with E-state index in [0.29, 0.717) is 54.1 Å². The minimum atomic E-state index is -0.469. The summed E-state index contributed by atoms with van der Waals surface area (Å²) in [5.41, 5.74) is 1.62. The van der Waals surface area contributed by atoms with Crippen molar-refractivity contribution in [1.82, 2.24) is 25.0 Å². The summed E-state index contributed by atoms with van der Waals surface area (Å²) in [6, 6.07) is 9.38. The predicted octanol–water partition coefficient (Wildman–Crippen LogP) is 3.82. The summed E-state index contributed by atoms with van der Waals surface area (Å²) in [6.45, 7) is 5.69. The fourth-order valence-corrected chi connectivity index (χ4v) is 4.59. The standard InChI is InChI=1S/C27H31ClFN7O3/c1-35-9-11-36(12-10-35)8-5-26(37)32-25-15-19(4-7-30-25)31-24-16-23(21-14-18(28)2-3-22(21)29)33-34-27(24)39-20-6-13-38-17-20/h2-4,7,14-16,20H,5-6,8-13,17H2,1H3,(H2,30,31,32,33,37)/t20-/m0/s1. The summed E-state index contributed by atoms with van der Waals surface area (Å²) in [5, 5.41) is 14.9. The van der Waals surface area contributed by atoms with E-state index in [1.807, 2.05) is 0 Å². The van der Waals surface area contributed by atoms with Gasteiger partial charge in [-0.25, -0.2) is 9.37 Å². The number of aromatic nitrogens is 3. The number of halogens is 2. The minimum absolute atomic E-state index is 0.104. The van der Waals surface area contributed by atoms with Crippen molar-refractivity contribution in [3.63, 3.8) is 0 Å². The Labute approximate surface area is 231 Å². The summed E-state index contributed by atoms with van der Waals surface area (Å²) in [7, 11) is 2.10. The smallest absolute Gasteiger partial charge is 0.257 e. The van der Waals surface area contributed by atoms with E-state index in [2.05, 4.69) is 42.7 Å². The van der Waals surface area contributed by atoms with Crippen LogP contribution in [0, 0.1) is 5.82 Å². The van der Waals surface area contributed by atoms with Gasteiger partial charge >= 0.3 is 0 Å². The van der Waals surface area contributed by atoms with Gasteiger partial charge in [0.1, 0.15) is 23.4 Å². The van der Waals surface area contributed by atoms with E-state index in [0.717, 1.165) is 32.6 Å². The molecule has 2 aromatic heterocycles. The molecule has 4 heterocycles. The molecule has 12 heteroatoms. The van der Waals surface area contributed by atoms with Gasteiger partial charge in [0.25, 0.3) is 5.88 Å². The molecule has 1 aromatic carbocycles. The summed E-state index contributed by atoms with van der Waals surface area (Å²) in [6.07, 6.45) is 2.54. The van der Waals surface area contributed by atoms with Crippen LogP contribution in [0.2, 0.25) is 5.02 Å². The van der Waals surface area contributed by atoms with Gasteiger partial charge in [0.2, 0.25) is 5.91 Å². The number of likely N-dealkylation sites (N-methyl/N-ethyl adjacent to an activating group) is 1. The highest BCUT2D eigenvalue weighted by molar-refractivity contribution is 6.30. The molecule has 0 bridgehead atoms. The Hall–Kier alpha value is -3.38. The largest absolute Gasteiger partial charge is 0.469 e. The van der Waals surface area contributed by atoms with Crippen molar-refractivity contribution in [3.05, 3.63) is 53.4 Å². The summed E-state index contributed by atoms with van der Waals surface area (Å²) < 4.78 is 26.0. The van der Waals surface area contributed by atoms with Gasteiger partial charge in [0, 0.05) is 74.1 Å². The molecule has 3 aromatic rings. The topological polar surface area (TPSA) is 105 Å². The number of anilines is 3. The normalized spacial score (nSPS) is 18.2. The number of nitrogens with one attached hydrogen (secondary N) is 2. The van der Waals surface area contributed by atoms with Crippen LogP contribution in [-0.4, -0.2) is 90.0 Å². The van der Waals surface area contributed by atoms with E-state index in [9.17, 15) is 9.18 Å². The Kier molecular flexibility index (Phi) is 8.82. The number of hydrogen-bond acceptors (Lipinski definition) is 9. The van der Waals surface area contributed by atoms with E-state index < -0.39 is 5.82 Å². The summed E-state index contributed by atoms with van der Waals surface area (Å²) in [4.78, 5) is 21.4. The van der Waals surface area contributed by atoms with Crippen molar-refractivity contribution < 1.29 is 18.7 Å². The number of carbonyl (C=O) groups is 1. The zero-order valence-corrected chi connectivity index (χ0v) is 22.5. The van der Waals surface area contributed by atoms with Crippen molar-refractivity contribution in [2.75, 3.05) is 63.6 Å². The van der Waals surface area contributed by atoms with Gasteiger partial charge in [-0.15, -0.1) is 10.2 Å². The Morgan fingerprint density at radius 2 is 2.03 bits per heavy atom. The van der Waals surface area contributed by atoms with Gasteiger partial charge in [0.05, 0.1) is 18.9 Å². The molecule has 0 radical (unpaired) electrons. The number of carbonyl (C=O) groups excluding carboxylic acids is 1. The van der Waals surface area contributed by atoms with Gasteiger partial charge < -0.3 is 29.9 Å². The maximum atomic E-state index is 14.6. The zero-order valence-electron chi connectivity index (χ0n) is 21.7. The summed E-state index contributed by atoms with van der Waals surface area (Å²) >= 11 is 6.10. The molecule has 2 saturated heterocycles. The predicted molar refractivity (Wildman–Crippen MR) is 147 cm³/mol. The third kappa shape index (κ3) is 7.39. The molecule has 206 valence electrons. The van der Waals surface area contributed by atoms with Crippen molar-refractivity contribution in [3.8, 4) is 17.1 Å².